The summed E-state index contributed by atoms with van der Waals surface area (Å²) in [6.07, 6.45) is 4.06. The van der Waals surface area contributed by atoms with E-state index in [1.165, 1.54) is 25.0 Å². The number of hydrogen-bond donors (Lipinski definition) is 1. The fraction of sp³-hybridized carbons (Fsp3) is 1.00. The Kier molecular flexibility index (Phi) is 8.80. The highest BCUT2D eigenvalue weighted by molar-refractivity contribution is 7.99. The standard InChI is InChI=1S/C12H27NS/c1-10(2)7-6-8-12(13-5)9-14-11(3)4/h10-13H,6-9H2,1-5H3. The second-order valence-corrected chi connectivity index (χ2v) is 6.30. The predicted molar refractivity (Wildman–Crippen MR) is 69.1 cm³/mol. The van der Waals surface area contributed by atoms with Crippen molar-refractivity contribution in [3.63, 3.8) is 0 Å². The zero-order valence-corrected chi connectivity index (χ0v) is 11.3. The minimum absolute atomic E-state index is 0.709. The molecule has 1 nitrogen and oxygen atoms in total. The molecule has 0 radical (unpaired) electrons. The highest BCUT2D eigenvalue weighted by Crippen LogP contribution is 2.15. The van der Waals surface area contributed by atoms with E-state index in [-0.39, 0.29) is 0 Å². The zero-order valence-electron chi connectivity index (χ0n) is 10.5. The lowest BCUT2D eigenvalue weighted by Crippen LogP contribution is -2.28. The Labute approximate surface area is 94.4 Å². The fourth-order valence-electron chi connectivity index (χ4n) is 1.39. The van der Waals surface area contributed by atoms with Crippen molar-refractivity contribution in [3.05, 3.63) is 0 Å². The molecule has 0 amide bonds. The van der Waals surface area contributed by atoms with Crippen LogP contribution in [0.2, 0.25) is 0 Å². The lowest BCUT2D eigenvalue weighted by atomic mass is 10.0. The summed E-state index contributed by atoms with van der Waals surface area (Å²) in [5.74, 6) is 2.11. The van der Waals surface area contributed by atoms with E-state index in [4.69, 9.17) is 0 Å². The third-order valence-electron chi connectivity index (χ3n) is 2.37. The molecule has 1 unspecified atom stereocenters. The van der Waals surface area contributed by atoms with Gasteiger partial charge in [-0.05, 0) is 24.6 Å². The zero-order chi connectivity index (χ0) is 11.0. The van der Waals surface area contributed by atoms with Gasteiger partial charge in [0, 0.05) is 11.8 Å². The van der Waals surface area contributed by atoms with Crippen molar-refractivity contribution in [1.29, 1.82) is 0 Å². The van der Waals surface area contributed by atoms with Crippen LogP contribution in [0.15, 0.2) is 0 Å². The van der Waals surface area contributed by atoms with Crippen LogP contribution in [-0.4, -0.2) is 24.1 Å². The Morgan fingerprint density at radius 1 is 1.07 bits per heavy atom. The average Bonchev–Trinajstić information content (AvgIpc) is 2.10. The molecule has 0 spiro atoms. The van der Waals surface area contributed by atoms with Gasteiger partial charge >= 0.3 is 0 Å². The molecule has 0 aromatic carbocycles. The first-order valence-electron chi connectivity index (χ1n) is 5.85. The topological polar surface area (TPSA) is 12.0 Å². The van der Waals surface area contributed by atoms with Crippen LogP contribution in [0, 0.1) is 5.92 Å². The van der Waals surface area contributed by atoms with Crippen LogP contribution in [-0.2, 0) is 0 Å². The van der Waals surface area contributed by atoms with Crippen molar-refractivity contribution >= 4 is 11.8 Å². The minimum Gasteiger partial charge on any atom is -0.316 e. The van der Waals surface area contributed by atoms with Crippen molar-refractivity contribution < 1.29 is 0 Å². The molecule has 0 aromatic rings. The predicted octanol–water partition coefficient (Wildman–Crippen LogP) is 3.54. The second-order valence-electron chi connectivity index (χ2n) is 4.69. The molecule has 1 N–H and O–H groups in total. The average molecular weight is 217 g/mol. The van der Waals surface area contributed by atoms with Crippen molar-refractivity contribution in [2.24, 2.45) is 5.92 Å². The smallest absolute Gasteiger partial charge is 0.0155 e. The van der Waals surface area contributed by atoms with Crippen molar-refractivity contribution in [2.45, 2.75) is 58.2 Å². The van der Waals surface area contributed by atoms with Gasteiger partial charge in [0.2, 0.25) is 0 Å². The maximum absolute atomic E-state index is 3.41. The van der Waals surface area contributed by atoms with E-state index in [1.54, 1.807) is 0 Å². The molecular formula is C12H27NS. The minimum atomic E-state index is 0.709. The van der Waals surface area contributed by atoms with Crippen molar-refractivity contribution in [2.75, 3.05) is 12.8 Å². The fourth-order valence-corrected chi connectivity index (χ4v) is 2.34. The van der Waals surface area contributed by atoms with E-state index in [9.17, 15) is 0 Å². The maximum Gasteiger partial charge on any atom is 0.0155 e. The van der Waals surface area contributed by atoms with Gasteiger partial charge in [0.15, 0.2) is 0 Å². The van der Waals surface area contributed by atoms with E-state index < -0.39 is 0 Å². The largest absolute Gasteiger partial charge is 0.316 e. The van der Waals surface area contributed by atoms with Crippen LogP contribution in [0.3, 0.4) is 0 Å². The number of nitrogens with one attached hydrogen (secondary N) is 1. The molecule has 1 atom stereocenters. The summed E-state index contributed by atoms with van der Waals surface area (Å²) in [5.41, 5.74) is 0. The van der Waals surface area contributed by atoms with Crippen LogP contribution >= 0.6 is 11.8 Å². The van der Waals surface area contributed by atoms with Crippen molar-refractivity contribution in [1.82, 2.24) is 5.32 Å². The van der Waals surface area contributed by atoms with Gasteiger partial charge < -0.3 is 5.32 Å². The highest BCUT2D eigenvalue weighted by atomic mass is 32.2. The Bertz CT molecular complexity index is 123. The first-order chi connectivity index (χ1) is 6.56. The Morgan fingerprint density at radius 2 is 1.71 bits per heavy atom. The lowest BCUT2D eigenvalue weighted by molar-refractivity contribution is 0.483. The molecule has 0 rings (SSSR count). The van der Waals surface area contributed by atoms with Crippen LogP contribution in [0.4, 0.5) is 0 Å². The summed E-state index contributed by atoms with van der Waals surface area (Å²) in [6, 6.07) is 0.709. The van der Waals surface area contributed by atoms with Gasteiger partial charge in [-0.25, -0.2) is 0 Å². The van der Waals surface area contributed by atoms with E-state index in [0.29, 0.717) is 6.04 Å². The molecule has 0 aliphatic carbocycles. The normalized spacial score (nSPS) is 13.9. The van der Waals surface area contributed by atoms with Crippen LogP contribution in [0.1, 0.15) is 47.0 Å². The maximum atomic E-state index is 3.41. The third-order valence-corrected chi connectivity index (χ3v) is 3.63. The molecule has 0 fully saturated rings. The Balaban J connectivity index is 3.48. The molecule has 0 saturated carbocycles. The third kappa shape index (κ3) is 8.89. The molecule has 2 heteroatoms. The first-order valence-corrected chi connectivity index (χ1v) is 6.90. The summed E-state index contributed by atoms with van der Waals surface area (Å²) in [7, 11) is 2.08. The van der Waals surface area contributed by atoms with Crippen molar-refractivity contribution in [3.8, 4) is 0 Å². The van der Waals surface area contributed by atoms with Gasteiger partial charge in [0.1, 0.15) is 0 Å². The number of hydrogen-bond acceptors (Lipinski definition) is 2. The molecule has 0 aromatic heterocycles. The Morgan fingerprint density at radius 3 is 2.14 bits per heavy atom. The van der Waals surface area contributed by atoms with Gasteiger partial charge in [-0.15, -0.1) is 0 Å². The monoisotopic (exact) mass is 217 g/mol. The molecule has 0 heterocycles. The van der Waals surface area contributed by atoms with Gasteiger partial charge in [-0.1, -0.05) is 40.5 Å². The number of rotatable bonds is 8. The van der Waals surface area contributed by atoms with Gasteiger partial charge in [0.05, 0.1) is 0 Å². The van der Waals surface area contributed by atoms with Gasteiger partial charge in [-0.3, -0.25) is 0 Å². The highest BCUT2D eigenvalue weighted by Gasteiger charge is 2.07. The first kappa shape index (κ1) is 14.3. The lowest BCUT2D eigenvalue weighted by Gasteiger charge is -2.17. The molecule has 0 aliphatic heterocycles. The van der Waals surface area contributed by atoms with E-state index in [1.807, 2.05) is 0 Å². The molecular weight excluding hydrogens is 190 g/mol. The number of thioether (sulfide) groups is 1. The SMILES string of the molecule is CNC(CCCC(C)C)CSC(C)C. The van der Waals surface area contributed by atoms with E-state index in [0.717, 1.165) is 11.2 Å². The molecule has 0 saturated heterocycles. The molecule has 0 bridgehead atoms. The molecule has 86 valence electrons. The van der Waals surface area contributed by atoms with Crippen LogP contribution in [0.5, 0.6) is 0 Å². The van der Waals surface area contributed by atoms with Gasteiger partial charge in [0.25, 0.3) is 0 Å². The summed E-state index contributed by atoms with van der Waals surface area (Å²) in [4.78, 5) is 0. The molecule has 14 heavy (non-hydrogen) atoms. The summed E-state index contributed by atoms with van der Waals surface area (Å²) < 4.78 is 0. The van der Waals surface area contributed by atoms with Gasteiger partial charge in [-0.2, -0.15) is 11.8 Å². The summed E-state index contributed by atoms with van der Waals surface area (Å²) in [6.45, 7) is 9.14. The van der Waals surface area contributed by atoms with Crippen LogP contribution in [0.25, 0.3) is 0 Å². The summed E-state index contributed by atoms with van der Waals surface area (Å²) in [5, 5.41) is 4.17. The Hall–Kier alpha value is 0.310. The van der Waals surface area contributed by atoms with E-state index >= 15 is 0 Å². The summed E-state index contributed by atoms with van der Waals surface area (Å²) >= 11 is 2.06. The molecule has 0 aliphatic rings. The second kappa shape index (κ2) is 8.60. The van der Waals surface area contributed by atoms with Crippen LogP contribution < -0.4 is 5.32 Å². The van der Waals surface area contributed by atoms with E-state index in [2.05, 4.69) is 51.8 Å². The quantitative estimate of drug-likeness (QED) is 0.667.